The SMILES string of the molecule is CCOc1ccccc1C(CN1CCCC(C)C1=O)NC. The zero-order valence-electron chi connectivity index (χ0n) is 13.3. The van der Waals surface area contributed by atoms with Crippen LogP contribution in [0.15, 0.2) is 24.3 Å². The van der Waals surface area contributed by atoms with Crippen molar-refractivity contribution in [1.82, 2.24) is 10.2 Å². The normalized spacial score (nSPS) is 20.4. The number of carbonyl (C=O) groups is 1. The summed E-state index contributed by atoms with van der Waals surface area (Å²) in [6.45, 7) is 6.22. The van der Waals surface area contributed by atoms with Crippen LogP contribution in [0.4, 0.5) is 0 Å². The van der Waals surface area contributed by atoms with Crippen molar-refractivity contribution in [2.24, 2.45) is 5.92 Å². The summed E-state index contributed by atoms with van der Waals surface area (Å²) in [7, 11) is 1.94. The smallest absolute Gasteiger partial charge is 0.225 e. The molecule has 1 aliphatic rings. The molecule has 4 nitrogen and oxygen atoms in total. The zero-order chi connectivity index (χ0) is 15.2. The van der Waals surface area contributed by atoms with Crippen molar-refractivity contribution in [1.29, 1.82) is 0 Å². The second kappa shape index (κ2) is 7.46. The van der Waals surface area contributed by atoms with Gasteiger partial charge in [0.25, 0.3) is 0 Å². The quantitative estimate of drug-likeness (QED) is 0.875. The molecule has 1 aromatic carbocycles. The number of likely N-dealkylation sites (N-methyl/N-ethyl adjacent to an activating group) is 1. The molecule has 0 radical (unpaired) electrons. The van der Waals surface area contributed by atoms with Gasteiger partial charge in [0.15, 0.2) is 0 Å². The van der Waals surface area contributed by atoms with Crippen LogP contribution >= 0.6 is 0 Å². The highest BCUT2D eigenvalue weighted by Gasteiger charge is 2.27. The number of rotatable bonds is 6. The van der Waals surface area contributed by atoms with Gasteiger partial charge >= 0.3 is 0 Å². The van der Waals surface area contributed by atoms with Crippen LogP contribution in [-0.4, -0.2) is 37.6 Å². The average molecular weight is 290 g/mol. The number of benzene rings is 1. The fourth-order valence-corrected chi connectivity index (χ4v) is 2.94. The molecule has 0 bridgehead atoms. The second-order valence-electron chi connectivity index (χ2n) is 5.64. The number of piperidine rings is 1. The molecule has 2 unspecified atom stereocenters. The number of nitrogens with one attached hydrogen (secondary N) is 1. The van der Waals surface area contributed by atoms with Crippen molar-refractivity contribution in [3.05, 3.63) is 29.8 Å². The van der Waals surface area contributed by atoms with E-state index < -0.39 is 0 Å². The van der Waals surface area contributed by atoms with Crippen molar-refractivity contribution >= 4 is 5.91 Å². The fourth-order valence-electron chi connectivity index (χ4n) is 2.94. The minimum atomic E-state index is 0.0991. The van der Waals surface area contributed by atoms with E-state index in [-0.39, 0.29) is 17.9 Å². The Morgan fingerprint density at radius 1 is 1.43 bits per heavy atom. The van der Waals surface area contributed by atoms with Gasteiger partial charge in [0, 0.05) is 24.6 Å². The van der Waals surface area contributed by atoms with Gasteiger partial charge in [0.1, 0.15) is 5.75 Å². The number of amides is 1. The van der Waals surface area contributed by atoms with Gasteiger partial charge in [0.05, 0.1) is 12.6 Å². The van der Waals surface area contributed by atoms with Crippen molar-refractivity contribution in [2.75, 3.05) is 26.7 Å². The standard InChI is InChI=1S/C17H26N2O2/c1-4-21-16-10-6-5-9-14(16)15(18-3)12-19-11-7-8-13(2)17(19)20/h5-6,9-10,13,15,18H,4,7-8,11-12H2,1-3H3. The summed E-state index contributed by atoms with van der Waals surface area (Å²) in [5, 5.41) is 3.33. The lowest BCUT2D eigenvalue weighted by Crippen LogP contribution is -2.44. The topological polar surface area (TPSA) is 41.6 Å². The van der Waals surface area contributed by atoms with Crippen molar-refractivity contribution < 1.29 is 9.53 Å². The molecule has 0 spiro atoms. The summed E-state index contributed by atoms with van der Waals surface area (Å²) < 4.78 is 5.71. The van der Waals surface area contributed by atoms with E-state index >= 15 is 0 Å². The summed E-state index contributed by atoms with van der Waals surface area (Å²) in [5.41, 5.74) is 1.12. The van der Waals surface area contributed by atoms with Crippen molar-refractivity contribution in [2.45, 2.75) is 32.7 Å². The molecule has 21 heavy (non-hydrogen) atoms. The summed E-state index contributed by atoms with van der Waals surface area (Å²) >= 11 is 0. The van der Waals surface area contributed by atoms with Gasteiger partial charge in [-0.05, 0) is 32.9 Å². The Labute approximate surface area is 127 Å². The summed E-state index contributed by atoms with van der Waals surface area (Å²) in [5.74, 6) is 1.32. The minimum absolute atomic E-state index is 0.0991. The predicted octanol–water partition coefficient (Wildman–Crippen LogP) is 2.60. The highest BCUT2D eigenvalue weighted by atomic mass is 16.5. The number of carbonyl (C=O) groups excluding carboxylic acids is 1. The Morgan fingerprint density at radius 3 is 2.90 bits per heavy atom. The van der Waals surface area contributed by atoms with Crippen LogP contribution in [-0.2, 0) is 4.79 Å². The lowest BCUT2D eigenvalue weighted by atomic mass is 9.97. The van der Waals surface area contributed by atoms with Gasteiger partial charge in [-0.2, -0.15) is 0 Å². The van der Waals surface area contributed by atoms with Crippen LogP contribution in [0.1, 0.15) is 38.3 Å². The van der Waals surface area contributed by atoms with Crippen molar-refractivity contribution in [3.8, 4) is 5.75 Å². The molecule has 1 N–H and O–H groups in total. The zero-order valence-corrected chi connectivity index (χ0v) is 13.3. The Hall–Kier alpha value is -1.55. The third-order valence-corrected chi connectivity index (χ3v) is 4.14. The van der Waals surface area contributed by atoms with Gasteiger partial charge in [0.2, 0.25) is 5.91 Å². The first-order chi connectivity index (χ1) is 10.2. The molecule has 2 rings (SSSR count). The molecule has 1 aliphatic heterocycles. The number of likely N-dealkylation sites (tertiary alicyclic amines) is 1. The van der Waals surface area contributed by atoms with Crippen LogP contribution in [0.5, 0.6) is 5.75 Å². The van der Waals surface area contributed by atoms with E-state index in [4.69, 9.17) is 4.74 Å². The Morgan fingerprint density at radius 2 is 2.19 bits per heavy atom. The van der Waals surface area contributed by atoms with E-state index in [1.807, 2.05) is 44.0 Å². The largest absolute Gasteiger partial charge is 0.494 e. The van der Waals surface area contributed by atoms with Gasteiger partial charge < -0.3 is 15.0 Å². The molecule has 1 heterocycles. The first-order valence-corrected chi connectivity index (χ1v) is 7.85. The van der Waals surface area contributed by atoms with Gasteiger partial charge in [-0.15, -0.1) is 0 Å². The first-order valence-electron chi connectivity index (χ1n) is 7.85. The van der Waals surface area contributed by atoms with Gasteiger partial charge in [-0.3, -0.25) is 4.79 Å². The molecular formula is C17H26N2O2. The molecule has 1 saturated heterocycles. The van der Waals surface area contributed by atoms with Crippen LogP contribution in [0.2, 0.25) is 0 Å². The van der Waals surface area contributed by atoms with Crippen LogP contribution in [0, 0.1) is 5.92 Å². The Bertz CT molecular complexity index is 476. The molecule has 0 saturated carbocycles. The highest BCUT2D eigenvalue weighted by molar-refractivity contribution is 5.79. The van der Waals surface area contributed by atoms with E-state index in [0.717, 1.165) is 30.7 Å². The average Bonchev–Trinajstić information content (AvgIpc) is 2.50. The lowest BCUT2D eigenvalue weighted by Gasteiger charge is -2.34. The third-order valence-electron chi connectivity index (χ3n) is 4.14. The van der Waals surface area contributed by atoms with E-state index in [0.29, 0.717) is 13.2 Å². The molecular weight excluding hydrogens is 264 g/mol. The summed E-state index contributed by atoms with van der Waals surface area (Å²) in [6, 6.07) is 8.16. The number of para-hydroxylation sites is 1. The maximum Gasteiger partial charge on any atom is 0.225 e. The van der Waals surface area contributed by atoms with Crippen LogP contribution in [0.25, 0.3) is 0 Å². The second-order valence-corrected chi connectivity index (χ2v) is 5.64. The monoisotopic (exact) mass is 290 g/mol. The predicted molar refractivity (Wildman–Crippen MR) is 84.4 cm³/mol. The van der Waals surface area contributed by atoms with Gasteiger partial charge in [-0.25, -0.2) is 0 Å². The minimum Gasteiger partial charge on any atom is -0.494 e. The fraction of sp³-hybridized carbons (Fsp3) is 0.588. The van der Waals surface area contributed by atoms with Crippen LogP contribution in [0.3, 0.4) is 0 Å². The van der Waals surface area contributed by atoms with Crippen molar-refractivity contribution in [3.63, 3.8) is 0 Å². The van der Waals surface area contributed by atoms with E-state index in [2.05, 4.69) is 11.4 Å². The number of hydrogen-bond acceptors (Lipinski definition) is 3. The van der Waals surface area contributed by atoms with E-state index in [1.165, 1.54) is 0 Å². The van der Waals surface area contributed by atoms with Crippen LogP contribution < -0.4 is 10.1 Å². The molecule has 116 valence electrons. The summed E-state index contributed by atoms with van der Waals surface area (Å²) in [4.78, 5) is 14.3. The molecule has 4 heteroatoms. The maximum absolute atomic E-state index is 12.3. The Kier molecular flexibility index (Phi) is 5.62. The third kappa shape index (κ3) is 3.76. The molecule has 0 aromatic heterocycles. The lowest BCUT2D eigenvalue weighted by molar-refractivity contribution is -0.138. The maximum atomic E-state index is 12.3. The number of nitrogens with zero attached hydrogens (tertiary/aromatic N) is 1. The molecule has 1 aromatic rings. The molecule has 2 atom stereocenters. The van der Waals surface area contributed by atoms with E-state index in [1.54, 1.807) is 0 Å². The number of ether oxygens (including phenoxy) is 1. The summed E-state index contributed by atoms with van der Waals surface area (Å²) in [6.07, 6.45) is 2.10. The first kappa shape index (κ1) is 15.8. The molecule has 0 aliphatic carbocycles. The van der Waals surface area contributed by atoms with E-state index in [9.17, 15) is 4.79 Å². The van der Waals surface area contributed by atoms with Gasteiger partial charge in [-0.1, -0.05) is 25.1 Å². The highest BCUT2D eigenvalue weighted by Crippen LogP contribution is 2.27. The molecule has 1 fully saturated rings. The number of hydrogen-bond donors (Lipinski definition) is 1. The molecule has 1 amide bonds. The Balaban J connectivity index is 2.14.